The number of hydrogen-bond acceptors (Lipinski definition) is 6. The van der Waals surface area contributed by atoms with Crippen molar-refractivity contribution >= 4 is 44.8 Å². The maximum atomic E-state index is 12.6. The van der Waals surface area contributed by atoms with E-state index in [2.05, 4.69) is 10.0 Å². The third-order valence-electron chi connectivity index (χ3n) is 4.95. The molecule has 0 aliphatic carbocycles. The average molecular weight is 539 g/mol. The number of carbonyl (C=O) groups excluding carboxylic acids is 1. The van der Waals surface area contributed by atoms with Gasteiger partial charge in [-0.2, -0.15) is 0 Å². The molecule has 0 radical (unpaired) electrons. The van der Waals surface area contributed by atoms with Crippen LogP contribution in [0.3, 0.4) is 0 Å². The first-order chi connectivity index (χ1) is 16.6. The van der Waals surface area contributed by atoms with Crippen LogP contribution in [0, 0.1) is 0 Å². The number of halogens is 2. The Kier molecular flexibility index (Phi) is 8.71. The number of nitrogens with one attached hydrogen (secondary N) is 2. The summed E-state index contributed by atoms with van der Waals surface area (Å²) in [5, 5.41) is 3.35. The number of amides is 1. The molecule has 3 rings (SSSR count). The van der Waals surface area contributed by atoms with Crippen LogP contribution >= 0.6 is 23.2 Å². The molecule has 11 heteroatoms. The fraction of sp³-hybridized carbons (Fsp3) is 0.208. The molecule has 0 heterocycles. The maximum Gasteiger partial charge on any atom is 0.261 e. The van der Waals surface area contributed by atoms with Crippen molar-refractivity contribution < 1.29 is 27.4 Å². The van der Waals surface area contributed by atoms with Gasteiger partial charge in [0.15, 0.2) is 18.1 Å². The summed E-state index contributed by atoms with van der Waals surface area (Å²) in [6.45, 7) is 1.51. The molecule has 35 heavy (non-hydrogen) atoms. The van der Waals surface area contributed by atoms with Crippen molar-refractivity contribution in [3.8, 4) is 17.2 Å². The standard InChI is InChI=1S/C24H24Cl2N2O6S/c1-15(16-4-10-22(32-2)23(12-16)33-3)27-24(29)14-34-21-11-9-19(13-20(21)26)35(30,31)28-18-7-5-17(25)6-8-18/h4-13,15,28H,14H2,1-3H3,(H,27,29). The van der Waals surface area contributed by atoms with E-state index in [1.54, 1.807) is 43.5 Å². The number of benzene rings is 3. The largest absolute Gasteiger partial charge is 0.493 e. The highest BCUT2D eigenvalue weighted by Crippen LogP contribution is 2.30. The van der Waals surface area contributed by atoms with Crippen LogP contribution in [0.25, 0.3) is 0 Å². The van der Waals surface area contributed by atoms with Crippen molar-refractivity contribution in [1.29, 1.82) is 0 Å². The molecule has 0 aliphatic rings. The van der Waals surface area contributed by atoms with Gasteiger partial charge < -0.3 is 19.5 Å². The zero-order valence-corrected chi connectivity index (χ0v) is 21.5. The zero-order valence-electron chi connectivity index (χ0n) is 19.2. The minimum Gasteiger partial charge on any atom is -0.493 e. The van der Waals surface area contributed by atoms with Crippen LogP contribution in [0.4, 0.5) is 5.69 Å². The highest BCUT2D eigenvalue weighted by atomic mass is 35.5. The Bertz CT molecular complexity index is 1300. The molecule has 0 saturated heterocycles. The van der Waals surface area contributed by atoms with Crippen molar-refractivity contribution in [3.63, 3.8) is 0 Å². The van der Waals surface area contributed by atoms with Gasteiger partial charge in [0, 0.05) is 10.7 Å². The predicted octanol–water partition coefficient (Wildman–Crippen LogP) is 5.07. The topological polar surface area (TPSA) is 103 Å². The molecule has 0 saturated carbocycles. The Morgan fingerprint density at radius 2 is 1.57 bits per heavy atom. The summed E-state index contributed by atoms with van der Waals surface area (Å²) in [6, 6.07) is 15.2. The molecule has 1 unspecified atom stereocenters. The second kappa shape index (κ2) is 11.5. The van der Waals surface area contributed by atoms with E-state index in [-0.39, 0.29) is 34.2 Å². The summed E-state index contributed by atoms with van der Waals surface area (Å²) in [5.74, 6) is 0.923. The van der Waals surface area contributed by atoms with E-state index in [0.29, 0.717) is 22.2 Å². The fourth-order valence-electron chi connectivity index (χ4n) is 3.13. The Labute approximate surface area is 214 Å². The average Bonchev–Trinajstić information content (AvgIpc) is 2.84. The van der Waals surface area contributed by atoms with Crippen LogP contribution in [0.1, 0.15) is 18.5 Å². The molecule has 0 spiro atoms. The van der Waals surface area contributed by atoms with E-state index < -0.39 is 10.0 Å². The Hall–Kier alpha value is -3.14. The second-order valence-electron chi connectivity index (χ2n) is 7.40. The van der Waals surface area contributed by atoms with Gasteiger partial charge in [-0.25, -0.2) is 8.42 Å². The Morgan fingerprint density at radius 3 is 2.20 bits per heavy atom. The number of ether oxygens (including phenoxy) is 3. The van der Waals surface area contributed by atoms with E-state index in [4.69, 9.17) is 37.4 Å². The lowest BCUT2D eigenvalue weighted by Crippen LogP contribution is -2.31. The van der Waals surface area contributed by atoms with Crippen LogP contribution in [0.2, 0.25) is 10.0 Å². The third-order valence-corrected chi connectivity index (χ3v) is 6.88. The van der Waals surface area contributed by atoms with Gasteiger partial charge in [-0.1, -0.05) is 29.3 Å². The molecule has 0 aromatic heterocycles. The van der Waals surface area contributed by atoms with Gasteiger partial charge >= 0.3 is 0 Å². The highest BCUT2D eigenvalue weighted by molar-refractivity contribution is 7.92. The number of hydrogen-bond donors (Lipinski definition) is 2. The van der Waals surface area contributed by atoms with Crippen molar-refractivity contribution in [1.82, 2.24) is 5.32 Å². The van der Waals surface area contributed by atoms with E-state index in [1.807, 2.05) is 13.0 Å². The molecular weight excluding hydrogens is 515 g/mol. The quantitative estimate of drug-likeness (QED) is 0.373. The van der Waals surface area contributed by atoms with Gasteiger partial charge in [0.25, 0.3) is 15.9 Å². The first-order valence-corrected chi connectivity index (χ1v) is 12.6. The van der Waals surface area contributed by atoms with Crippen LogP contribution < -0.4 is 24.2 Å². The Balaban J connectivity index is 1.60. The van der Waals surface area contributed by atoms with E-state index in [1.165, 1.54) is 25.3 Å². The van der Waals surface area contributed by atoms with Gasteiger partial charge in [0.2, 0.25) is 0 Å². The molecule has 8 nitrogen and oxygen atoms in total. The molecule has 1 amide bonds. The molecule has 0 bridgehead atoms. The maximum absolute atomic E-state index is 12.6. The molecule has 3 aromatic rings. The molecular formula is C24H24Cl2N2O6S. The fourth-order valence-corrected chi connectivity index (χ4v) is 4.64. The van der Waals surface area contributed by atoms with Gasteiger partial charge in [0.05, 0.1) is 30.2 Å². The highest BCUT2D eigenvalue weighted by Gasteiger charge is 2.18. The first-order valence-electron chi connectivity index (χ1n) is 10.3. The van der Waals surface area contributed by atoms with Crippen molar-refractivity contribution in [2.45, 2.75) is 17.9 Å². The SMILES string of the molecule is COc1ccc(C(C)NC(=O)COc2ccc(S(=O)(=O)Nc3ccc(Cl)cc3)cc2Cl)cc1OC. The predicted molar refractivity (Wildman–Crippen MR) is 135 cm³/mol. The van der Waals surface area contributed by atoms with Crippen molar-refractivity contribution in [2.24, 2.45) is 0 Å². The number of rotatable bonds is 10. The minimum atomic E-state index is -3.89. The van der Waals surface area contributed by atoms with Crippen LogP contribution in [0.15, 0.2) is 65.6 Å². The van der Waals surface area contributed by atoms with Crippen molar-refractivity contribution in [2.75, 3.05) is 25.5 Å². The lowest BCUT2D eigenvalue weighted by molar-refractivity contribution is -0.123. The summed E-state index contributed by atoms with van der Waals surface area (Å²) < 4.78 is 43.7. The van der Waals surface area contributed by atoms with Gasteiger partial charge in [-0.05, 0) is 67.1 Å². The monoisotopic (exact) mass is 538 g/mol. The molecule has 0 aliphatic heterocycles. The van der Waals surface area contributed by atoms with Crippen LogP contribution in [0.5, 0.6) is 17.2 Å². The first kappa shape index (κ1) is 26.5. The molecule has 186 valence electrons. The Morgan fingerprint density at radius 1 is 0.914 bits per heavy atom. The third kappa shape index (κ3) is 6.94. The number of anilines is 1. The second-order valence-corrected chi connectivity index (χ2v) is 9.92. The number of carbonyl (C=O) groups is 1. The summed E-state index contributed by atoms with van der Waals surface area (Å²) in [4.78, 5) is 12.3. The van der Waals surface area contributed by atoms with Gasteiger partial charge in [-0.3, -0.25) is 9.52 Å². The normalized spacial score (nSPS) is 11.9. The van der Waals surface area contributed by atoms with E-state index in [0.717, 1.165) is 5.56 Å². The summed E-state index contributed by atoms with van der Waals surface area (Å²) in [6.07, 6.45) is 0. The van der Waals surface area contributed by atoms with E-state index >= 15 is 0 Å². The van der Waals surface area contributed by atoms with Crippen molar-refractivity contribution in [3.05, 3.63) is 76.3 Å². The molecule has 0 fully saturated rings. The molecule has 2 N–H and O–H groups in total. The number of sulfonamides is 1. The number of methoxy groups -OCH3 is 2. The summed E-state index contributed by atoms with van der Waals surface area (Å²) >= 11 is 12.0. The van der Waals surface area contributed by atoms with Gasteiger partial charge in [-0.15, -0.1) is 0 Å². The zero-order chi connectivity index (χ0) is 25.6. The summed E-state index contributed by atoms with van der Waals surface area (Å²) in [7, 11) is -0.806. The van der Waals surface area contributed by atoms with Crippen LogP contribution in [-0.4, -0.2) is 35.2 Å². The van der Waals surface area contributed by atoms with Gasteiger partial charge in [0.1, 0.15) is 5.75 Å². The van der Waals surface area contributed by atoms with Crippen LogP contribution in [-0.2, 0) is 14.8 Å². The minimum absolute atomic E-state index is 0.0460. The summed E-state index contributed by atoms with van der Waals surface area (Å²) in [5.41, 5.74) is 1.17. The molecule has 1 atom stereocenters. The van der Waals surface area contributed by atoms with E-state index in [9.17, 15) is 13.2 Å². The molecule has 3 aromatic carbocycles. The lowest BCUT2D eigenvalue weighted by Gasteiger charge is -2.17. The lowest BCUT2D eigenvalue weighted by atomic mass is 10.1. The smallest absolute Gasteiger partial charge is 0.261 e.